The summed E-state index contributed by atoms with van der Waals surface area (Å²) in [6, 6.07) is 7.64. The molecule has 1 heterocycles. The summed E-state index contributed by atoms with van der Waals surface area (Å²) in [6.07, 6.45) is 0. The molecule has 0 saturated carbocycles. The van der Waals surface area contributed by atoms with Gasteiger partial charge < -0.3 is 13.9 Å². The van der Waals surface area contributed by atoms with E-state index in [0.29, 0.717) is 38.1 Å². The third-order valence-corrected chi connectivity index (χ3v) is 5.27. The lowest BCUT2D eigenvalue weighted by atomic mass is 9.89. The monoisotopic (exact) mass is 482 g/mol. The van der Waals surface area contributed by atoms with Gasteiger partial charge in [-0.2, -0.15) is 0 Å². The largest absolute Gasteiger partial charge is 0.488 e. The van der Waals surface area contributed by atoms with Crippen molar-refractivity contribution in [3.8, 4) is 5.75 Å². The Morgan fingerprint density at radius 2 is 1.97 bits per heavy atom. The van der Waals surface area contributed by atoms with Crippen molar-refractivity contribution in [2.75, 3.05) is 6.61 Å². The minimum absolute atomic E-state index is 0.141. The van der Waals surface area contributed by atoms with E-state index in [1.54, 1.807) is 25.1 Å². The highest BCUT2D eigenvalue weighted by Gasteiger charge is 2.30. The molecule has 7 heteroatoms. The fourth-order valence-electron chi connectivity index (χ4n) is 2.94. The van der Waals surface area contributed by atoms with Gasteiger partial charge in [-0.05, 0) is 47.1 Å². The van der Waals surface area contributed by atoms with Gasteiger partial charge in [-0.1, -0.05) is 38.4 Å². The first kappa shape index (κ1) is 21.7. The van der Waals surface area contributed by atoms with Gasteiger partial charge in [-0.15, -0.1) is 0 Å². The fourth-order valence-corrected chi connectivity index (χ4v) is 3.60. The molecule has 0 fully saturated rings. The van der Waals surface area contributed by atoms with Crippen molar-refractivity contribution in [2.45, 2.75) is 39.7 Å². The Bertz CT molecular complexity index is 1070. The van der Waals surface area contributed by atoms with Gasteiger partial charge >= 0.3 is 5.97 Å². The van der Waals surface area contributed by atoms with E-state index < -0.39 is 17.2 Å². The standard InChI is InChI=1S/C22H21BrClFO4/c1-5-27-21(26)19-14-9-18(28-11-12-6-7-13(25)8-16(12)24)15(23)10-17(14)29-20(19)22(2,3)4/h6-10H,5,11H2,1-4H3. The Labute approximate surface area is 182 Å². The van der Waals surface area contributed by atoms with E-state index in [1.165, 1.54) is 12.1 Å². The van der Waals surface area contributed by atoms with E-state index in [1.807, 2.05) is 20.8 Å². The van der Waals surface area contributed by atoms with Crippen LogP contribution < -0.4 is 4.74 Å². The molecule has 0 saturated heterocycles. The molecule has 0 atom stereocenters. The summed E-state index contributed by atoms with van der Waals surface area (Å²) in [7, 11) is 0. The summed E-state index contributed by atoms with van der Waals surface area (Å²) in [5, 5.41) is 0.893. The van der Waals surface area contributed by atoms with E-state index in [-0.39, 0.29) is 18.2 Å². The Balaban J connectivity index is 2.04. The molecule has 29 heavy (non-hydrogen) atoms. The van der Waals surface area contributed by atoms with Crippen LogP contribution in [0.4, 0.5) is 4.39 Å². The Morgan fingerprint density at radius 3 is 2.59 bits per heavy atom. The molecule has 0 aliphatic carbocycles. The minimum Gasteiger partial charge on any atom is -0.488 e. The molecule has 1 aromatic heterocycles. The summed E-state index contributed by atoms with van der Waals surface area (Å²) in [5.74, 6) is 0.209. The highest BCUT2D eigenvalue weighted by Crippen LogP contribution is 2.39. The van der Waals surface area contributed by atoms with Gasteiger partial charge in [0, 0.05) is 16.4 Å². The van der Waals surface area contributed by atoms with Crippen LogP contribution >= 0.6 is 27.5 Å². The van der Waals surface area contributed by atoms with Crippen LogP contribution in [-0.4, -0.2) is 12.6 Å². The van der Waals surface area contributed by atoms with Crippen molar-refractivity contribution in [1.82, 2.24) is 0 Å². The first-order chi connectivity index (χ1) is 13.6. The molecule has 0 aliphatic rings. The minimum atomic E-state index is -0.439. The number of hydrogen-bond donors (Lipinski definition) is 0. The summed E-state index contributed by atoms with van der Waals surface area (Å²) >= 11 is 9.56. The predicted octanol–water partition coefficient (Wildman–Crippen LogP) is 7.04. The van der Waals surface area contributed by atoms with Gasteiger partial charge in [-0.25, -0.2) is 9.18 Å². The van der Waals surface area contributed by atoms with Crippen LogP contribution in [0.15, 0.2) is 39.2 Å². The van der Waals surface area contributed by atoms with Crippen LogP contribution in [0.1, 0.15) is 49.4 Å². The van der Waals surface area contributed by atoms with Crippen molar-refractivity contribution < 1.29 is 23.1 Å². The smallest absolute Gasteiger partial charge is 0.342 e. The van der Waals surface area contributed by atoms with Gasteiger partial charge in [0.2, 0.25) is 0 Å². The highest BCUT2D eigenvalue weighted by molar-refractivity contribution is 9.10. The van der Waals surface area contributed by atoms with Crippen LogP contribution in [0, 0.1) is 5.82 Å². The normalized spacial score (nSPS) is 11.7. The molecule has 3 aromatic rings. The molecule has 0 spiro atoms. The third-order valence-electron chi connectivity index (χ3n) is 4.30. The maximum absolute atomic E-state index is 13.2. The molecule has 0 radical (unpaired) electrons. The zero-order valence-electron chi connectivity index (χ0n) is 16.6. The van der Waals surface area contributed by atoms with E-state index in [2.05, 4.69) is 15.9 Å². The number of carbonyl (C=O) groups is 1. The lowest BCUT2D eigenvalue weighted by Gasteiger charge is -2.16. The molecule has 0 amide bonds. The zero-order valence-corrected chi connectivity index (χ0v) is 18.9. The van der Waals surface area contributed by atoms with Crippen molar-refractivity contribution in [2.24, 2.45) is 0 Å². The van der Waals surface area contributed by atoms with Crippen LogP contribution in [0.5, 0.6) is 5.75 Å². The van der Waals surface area contributed by atoms with E-state index in [9.17, 15) is 9.18 Å². The topological polar surface area (TPSA) is 48.7 Å². The average Bonchev–Trinajstić information content (AvgIpc) is 2.99. The molecule has 0 unspecified atom stereocenters. The number of esters is 1. The lowest BCUT2D eigenvalue weighted by Crippen LogP contribution is -2.16. The number of hydrogen-bond acceptors (Lipinski definition) is 4. The molecular formula is C22H21BrClFO4. The summed E-state index contributed by atoms with van der Waals surface area (Å²) in [6.45, 7) is 8.07. The number of furan rings is 1. The molecule has 0 aliphatic heterocycles. The maximum atomic E-state index is 13.2. The first-order valence-corrected chi connectivity index (χ1v) is 10.3. The Kier molecular flexibility index (Phi) is 6.24. The molecule has 2 aromatic carbocycles. The number of fused-ring (bicyclic) bond motifs is 1. The quantitative estimate of drug-likeness (QED) is 0.365. The van der Waals surface area contributed by atoms with Crippen LogP contribution in [0.2, 0.25) is 5.02 Å². The Hall–Kier alpha value is -2.05. The number of ether oxygens (including phenoxy) is 2. The van der Waals surface area contributed by atoms with Gasteiger partial charge in [-0.3, -0.25) is 0 Å². The summed E-state index contributed by atoms with van der Waals surface area (Å²) in [5.41, 5.74) is 1.20. The average molecular weight is 484 g/mol. The molecule has 4 nitrogen and oxygen atoms in total. The number of carbonyl (C=O) groups excluding carboxylic acids is 1. The molecule has 0 N–H and O–H groups in total. The van der Waals surface area contributed by atoms with Crippen molar-refractivity contribution >= 4 is 44.5 Å². The van der Waals surface area contributed by atoms with Crippen LogP contribution in [-0.2, 0) is 16.8 Å². The highest BCUT2D eigenvalue weighted by atomic mass is 79.9. The van der Waals surface area contributed by atoms with E-state index in [4.69, 9.17) is 25.5 Å². The lowest BCUT2D eigenvalue weighted by molar-refractivity contribution is 0.0523. The molecular weight excluding hydrogens is 463 g/mol. The zero-order chi connectivity index (χ0) is 21.3. The number of rotatable bonds is 5. The fraction of sp³-hybridized carbons (Fsp3) is 0.318. The third kappa shape index (κ3) is 4.59. The number of halogens is 3. The van der Waals surface area contributed by atoms with Gasteiger partial charge in [0.05, 0.1) is 16.1 Å². The van der Waals surface area contributed by atoms with Crippen molar-refractivity contribution in [3.63, 3.8) is 0 Å². The molecule has 0 bridgehead atoms. The second-order valence-corrected chi connectivity index (χ2v) is 8.84. The maximum Gasteiger partial charge on any atom is 0.342 e. The number of benzene rings is 2. The van der Waals surface area contributed by atoms with Gasteiger partial charge in [0.25, 0.3) is 0 Å². The van der Waals surface area contributed by atoms with Crippen molar-refractivity contribution in [1.29, 1.82) is 0 Å². The van der Waals surface area contributed by atoms with Gasteiger partial charge in [0.1, 0.15) is 35.1 Å². The van der Waals surface area contributed by atoms with E-state index >= 15 is 0 Å². The van der Waals surface area contributed by atoms with Gasteiger partial charge in [0.15, 0.2) is 0 Å². The summed E-state index contributed by atoms with van der Waals surface area (Å²) in [4.78, 5) is 12.7. The molecule has 154 valence electrons. The summed E-state index contributed by atoms with van der Waals surface area (Å²) < 4.78 is 31.1. The van der Waals surface area contributed by atoms with E-state index in [0.717, 1.165) is 0 Å². The second-order valence-electron chi connectivity index (χ2n) is 7.58. The second kappa shape index (κ2) is 8.36. The Morgan fingerprint density at radius 1 is 1.24 bits per heavy atom. The molecule has 3 rings (SSSR count). The van der Waals surface area contributed by atoms with Crippen molar-refractivity contribution in [3.05, 3.63) is 62.5 Å². The van der Waals surface area contributed by atoms with Crippen LogP contribution in [0.25, 0.3) is 11.0 Å². The first-order valence-electron chi connectivity index (χ1n) is 9.12. The van der Waals surface area contributed by atoms with Crippen LogP contribution in [0.3, 0.4) is 0 Å². The SMILES string of the molecule is CCOC(=O)c1c(C(C)(C)C)oc2cc(Br)c(OCc3ccc(F)cc3Cl)cc12. The predicted molar refractivity (Wildman–Crippen MR) is 114 cm³/mol.